The molecule has 0 aliphatic carbocycles. The first kappa shape index (κ1) is 5.98. The van der Waals surface area contributed by atoms with E-state index in [0.29, 0.717) is 0 Å². The summed E-state index contributed by atoms with van der Waals surface area (Å²) in [6, 6.07) is 0. The average molecular weight is 107 g/mol. The molecule has 0 aromatic carbocycles. The van der Waals surface area contributed by atoms with Gasteiger partial charge in [-0.15, -0.1) is 11.1 Å². The van der Waals surface area contributed by atoms with Crippen LogP contribution < -0.4 is 5.14 Å². The summed E-state index contributed by atoms with van der Waals surface area (Å²) in [5, 5.41) is 5.17. The van der Waals surface area contributed by atoms with Gasteiger partial charge in [-0.3, -0.25) is 9.93 Å². The molecule has 0 aliphatic rings. The van der Waals surface area contributed by atoms with Gasteiger partial charge in [0.1, 0.15) is 0 Å². The van der Waals surface area contributed by atoms with Crippen LogP contribution in [0.25, 0.3) is 0 Å². The fourth-order valence-corrected chi connectivity index (χ4v) is 0.224. The second kappa shape index (κ2) is 3.18. The van der Waals surface area contributed by atoms with E-state index in [9.17, 15) is 4.79 Å². The zero-order valence-electron chi connectivity index (χ0n) is 3.72. The SMILES string of the molecule is CC[SH](N)C=O. The number of hydrogen-bond acceptors (Lipinski definition) is 2. The van der Waals surface area contributed by atoms with Crippen molar-refractivity contribution in [3.8, 4) is 0 Å². The predicted octanol–water partition coefficient (Wildman–Crippen LogP) is 0.0714. The minimum absolute atomic E-state index is 0.757. The molecule has 6 heavy (non-hydrogen) atoms. The molecule has 0 saturated carbocycles. The third-order valence-electron chi connectivity index (χ3n) is 0.501. The molecule has 1 unspecified atom stereocenters. The standard InChI is InChI=1S/C3H9NOS/c1-2-6(4)3-5/h3,6H,2,4H2,1H3. The molecule has 0 rings (SSSR count). The van der Waals surface area contributed by atoms with Crippen molar-refractivity contribution in [2.45, 2.75) is 6.92 Å². The Morgan fingerprint density at radius 1 is 2.00 bits per heavy atom. The highest BCUT2D eigenvalue weighted by atomic mass is 32.2. The smallest absolute Gasteiger partial charge is 0.168 e. The molecule has 1 atom stereocenters. The Kier molecular flexibility index (Phi) is 3.17. The number of hydrogen-bond donors (Lipinski definition) is 2. The molecular formula is C3H9NOS. The lowest BCUT2D eigenvalue weighted by Crippen LogP contribution is -1.94. The lowest BCUT2D eigenvalue weighted by Gasteiger charge is -1.97. The van der Waals surface area contributed by atoms with Crippen molar-refractivity contribution in [3.63, 3.8) is 0 Å². The van der Waals surface area contributed by atoms with Crippen LogP contribution in [0.4, 0.5) is 0 Å². The van der Waals surface area contributed by atoms with Gasteiger partial charge >= 0.3 is 0 Å². The van der Waals surface area contributed by atoms with E-state index in [0.717, 1.165) is 11.4 Å². The molecular weight excluding hydrogens is 98.1 g/mol. The van der Waals surface area contributed by atoms with Crippen LogP contribution in [0.5, 0.6) is 0 Å². The van der Waals surface area contributed by atoms with E-state index in [-0.39, 0.29) is 0 Å². The van der Waals surface area contributed by atoms with E-state index in [1.165, 1.54) is 0 Å². The molecule has 0 saturated heterocycles. The van der Waals surface area contributed by atoms with Crippen LogP contribution in [0, 0.1) is 0 Å². The number of carbonyl (C=O) groups excluding carboxylic acids is 1. The van der Waals surface area contributed by atoms with Crippen molar-refractivity contribution in [1.29, 1.82) is 0 Å². The summed E-state index contributed by atoms with van der Waals surface area (Å²) in [5.74, 6) is 0.804. The molecule has 0 aromatic heterocycles. The van der Waals surface area contributed by atoms with Gasteiger partial charge in [-0.1, -0.05) is 6.92 Å². The second-order valence-corrected chi connectivity index (χ2v) is 2.81. The Hall–Kier alpha value is -0.0200. The molecule has 0 radical (unpaired) electrons. The quantitative estimate of drug-likeness (QED) is 0.387. The molecule has 0 amide bonds. The Labute approximate surface area is 40.2 Å². The molecule has 0 heterocycles. The van der Waals surface area contributed by atoms with Gasteiger partial charge in [0.2, 0.25) is 0 Å². The summed E-state index contributed by atoms with van der Waals surface area (Å²) in [5.41, 5.74) is 0.815. The predicted molar refractivity (Wildman–Crippen MR) is 30.5 cm³/mol. The largest absolute Gasteiger partial charge is 0.292 e. The molecule has 38 valence electrons. The van der Waals surface area contributed by atoms with Crippen molar-refractivity contribution in [2.24, 2.45) is 5.14 Å². The van der Waals surface area contributed by atoms with Gasteiger partial charge < -0.3 is 0 Å². The van der Waals surface area contributed by atoms with Crippen LogP contribution >= 0.6 is 11.1 Å². The van der Waals surface area contributed by atoms with Gasteiger partial charge in [0.25, 0.3) is 0 Å². The fraction of sp³-hybridized carbons (Fsp3) is 0.667. The number of nitrogens with two attached hydrogens (primary N) is 1. The molecule has 2 N–H and O–H groups in total. The number of rotatable bonds is 2. The summed E-state index contributed by atoms with van der Waals surface area (Å²) >= 11 is -0.757. The van der Waals surface area contributed by atoms with Crippen LogP contribution in [-0.2, 0) is 4.79 Å². The summed E-state index contributed by atoms with van der Waals surface area (Å²) in [4.78, 5) is 9.64. The third kappa shape index (κ3) is 2.23. The minimum Gasteiger partial charge on any atom is -0.292 e. The molecule has 3 heteroatoms. The number of thiol groups is 1. The lowest BCUT2D eigenvalue weighted by atomic mass is 11.0. The van der Waals surface area contributed by atoms with Gasteiger partial charge in [0.15, 0.2) is 5.62 Å². The van der Waals surface area contributed by atoms with Gasteiger partial charge in [-0.2, -0.15) is 0 Å². The summed E-state index contributed by atoms with van der Waals surface area (Å²) in [6.07, 6.45) is 0. The maximum absolute atomic E-state index is 9.64. The Balaban J connectivity index is 2.96. The monoisotopic (exact) mass is 107 g/mol. The van der Waals surface area contributed by atoms with Crippen molar-refractivity contribution < 1.29 is 4.79 Å². The summed E-state index contributed by atoms with van der Waals surface area (Å²) < 4.78 is 0. The van der Waals surface area contributed by atoms with E-state index in [2.05, 4.69) is 0 Å². The van der Waals surface area contributed by atoms with Gasteiger partial charge in [0.05, 0.1) is 0 Å². The van der Waals surface area contributed by atoms with Crippen LogP contribution in [-0.4, -0.2) is 11.4 Å². The number of carbonyl (C=O) groups is 1. The van der Waals surface area contributed by atoms with Crippen LogP contribution in [0.15, 0.2) is 0 Å². The van der Waals surface area contributed by atoms with Crippen LogP contribution in [0.1, 0.15) is 6.92 Å². The first-order valence-corrected chi connectivity index (χ1v) is 3.44. The van der Waals surface area contributed by atoms with Crippen molar-refractivity contribution >= 4 is 16.7 Å². The van der Waals surface area contributed by atoms with Gasteiger partial charge in [0, 0.05) is 0 Å². The maximum Gasteiger partial charge on any atom is 0.168 e. The Morgan fingerprint density at radius 3 is 2.50 bits per heavy atom. The molecule has 0 fully saturated rings. The second-order valence-electron chi connectivity index (χ2n) is 0.936. The van der Waals surface area contributed by atoms with E-state index >= 15 is 0 Å². The molecule has 0 aromatic rings. The first-order valence-electron chi connectivity index (χ1n) is 1.78. The molecule has 2 nitrogen and oxygen atoms in total. The molecule has 0 bridgehead atoms. The minimum atomic E-state index is -0.757. The summed E-state index contributed by atoms with van der Waals surface area (Å²) in [7, 11) is 0. The molecule has 0 spiro atoms. The van der Waals surface area contributed by atoms with E-state index in [1.807, 2.05) is 6.92 Å². The highest BCUT2D eigenvalue weighted by molar-refractivity contribution is 8.26. The van der Waals surface area contributed by atoms with Crippen LogP contribution in [0.2, 0.25) is 0 Å². The first-order chi connectivity index (χ1) is 2.81. The lowest BCUT2D eigenvalue weighted by molar-refractivity contribution is 0.569. The van der Waals surface area contributed by atoms with E-state index < -0.39 is 11.1 Å². The Bertz CT molecular complexity index is 48.1. The average Bonchev–Trinajstić information content (AvgIpc) is 1.65. The topological polar surface area (TPSA) is 43.1 Å². The fourth-order valence-electron chi connectivity index (χ4n) is 0.0745. The van der Waals surface area contributed by atoms with E-state index in [1.54, 1.807) is 0 Å². The molecule has 0 aliphatic heterocycles. The normalized spacial score (nSPS) is 16.7. The highest BCUT2D eigenvalue weighted by Gasteiger charge is 1.82. The van der Waals surface area contributed by atoms with E-state index in [4.69, 9.17) is 5.14 Å². The third-order valence-corrected chi connectivity index (χ3v) is 1.50. The van der Waals surface area contributed by atoms with Gasteiger partial charge in [-0.05, 0) is 5.75 Å². The van der Waals surface area contributed by atoms with Crippen molar-refractivity contribution in [3.05, 3.63) is 0 Å². The zero-order valence-corrected chi connectivity index (χ0v) is 4.61. The maximum atomic E-state index is 9.64. The van der Waals surface area contributed by atoms with Crippen molar-refractivity contribution in [2.75, 3.05) is 5.75 Å². The highest BCUT2D eigenvalue weighted by Crippen LogP contribution is 2.04. The zero-order chi connectivity index (χ0) is 4.99. The van der Waals surface area contributed by atoms with Crippen molar-refractivity contribution in [1.82, 2.24) is 0 Å². The van der Waals surface area contributed by atoms with Crippen LogP contribution in [0.3, 0.4) is 0 Å². The summed E-state index contributed by atoms with van der Waals surface area (Å²) in [6.45, 7) is 1.90. The Morgan fingerprint density at radius 2 is 2.50 bits per heavy atom. The van der Waals surface area contributed by atoms with Gasteiger partial charge in [-0.25, -0.2) is 0 Å².